The van der Waals surface area contributed by atoms with E-state index in [0.717, 1.165) is 29.5 Å². The van der Waals surface area contributed by atoms with E-state index in [4.69, 9.17) is 14.2 Å². The van der Waals surface area contributed by atoms with E-state index in [-0.39, 0.29) is 11.8 Å². The van der Waals surface area contributed by atoms with Crippen LogP contribution in [0.3, 0.4) is 0 Å². The minimum Gasteiger partial charge on any atom is -0.493 e. The van der Waals surface area contributed by atoms with Gasteiger partial charge in [0.25, 0.3) is 0 Å². The lowest BCUT2D eigenvalue weighted by molar-refractivity contribution is -0.158. The number of hydrogen-bond donors (Lipinski definition) is 0. The molecule has 0 saturated carbocycles. The second-order valence-electron chi connectivity index (χ2n) is 8.71. The SMILES string of the molecule is CCC/C=C/CN1C(=O)[C@H](Cc2ccc(-c3cc(OC)c(OC)c(OC)c3)cc2)N(C)C(=O)[C@@H]1C. The number of unbranched alkanes of at least 4 members (excludes halogenated alkanes) is 1. The quantitative estimate of drug-likeness (QED) is 0.474. The van der Waals surface area contributed by atoms with E-state index in [0.29, 0.717) is 30.2 Å². The zero-order chi connectivity index (χ0) is 25.5. The van der Waals surface area contributed by atoms with Crippen molar-refractivity contribution in [2.75, 3.05) is 34.9 Å². The van der Waals surface area contributed by atoms with Crippen LogP contribution >= 0.6 is 0 Å². The van der Waals surface area contributed by atoms with E-state index in [1.165, 1.54) is 0 Å². The summed E-state index contributed by atoms with van der Waals surface area (Å²) < 4.78 is 16.4. The zero-order valence-electron chi connectivity index (χ0n) is 21.5. The van der Waals surface area contributed by atoms with Gasteiger partial charge in [0.05, 0.1) is 21.3 Å². The first-order valence-electron chi connectivity index (χ1n) is 12.0. The Kier molecular flexibility index (Phi) is 8.79. The maximum Gasteiger partial charge on any atom is 0.246 e. The molecule has 0 spiro atoms. The number of ether oxygens (including phenoxy) is 3. The Hall–Kier alpha value is -3.48. The maximum atomic E-state index is 13.3. The molecule has 2 aromatic rings. The van der Waals surface area contributed by atoms with E-state index in [1.54, 1.807) is 45.1 Å². The van der Waals surface area contributed by atoms with E-state index in [2.05, 4.69) is 13.0 Å². The fourth-order valence-electron chi connectivity index (χ4n) is 4.38. The number of carbonyl (C=O) groups excluding carboxylic acids is 2. The van der Waals surface area contributed by atoms with Crippen molar-refractivity contribution in [3.8, 4) is 28.4 Å². The van der Waals surface area contributed by atoms with E-state index >= 15 is 0 Å². The average Bonchev–Trinajstić information content (AvgIpc) is 2.89. The van der Waals surface area contributed by atoms with Crippen molar-refractivity contribution in [3.63, 3.8) is 0 Å². The van der Waals surface area contributed by atoms with Gasteiger partial charge in [-0.2, -0.15) is 0 Å². The van der Waals surface area contributed by atoms with Crippen LogP contribution in [0, 0.1) is 0 Å². The van der Waals surface area contributed by atoms with Gasteiger partial charge in [-0.1, -0.05) is 49.8 Å². The van der Waals surface area contributed by atoms with E-state index < -0.39 is 12.1 Å². The average molecular weight is 481 g/mol. The van der Waals surface area contributed by atoms with Crippen molar-refractivity contribution >= 4 is 11.8 Å². The number of methoxy groups -OCH3 is 3. The summed E-state index contributed by atoms with van der Waals surface area (Å²) in [7, 11) is 6.47. The van der Waals surface area contributed by atoms with Crippen LogP contribution in [0.5, 0.6) is 17.2 Å². The van der Waals surface area contributed by atoms with E-state index in [9.17, 15) is 9.59 Å². The molecule has 1 aliphatic heterocycles. The summed E-state index contributed by atoms with van der Waals surface area (Å²) >= 11 is 0. The highest BCUT2D eigenvalue weighted by Gasteiger charge is 2.41. The second kappa shape index (κ2) is 11.8. The molecule has 1 saturated heterocycles. The molecule has 188 valence electrons. The summed E-state index contributed by atoms with van der Waals surface area (Å²) in [5.41, 5.74) is 2.88. The first-order valence-corrected chi connectivity index (χ1v) is 12.0. The fourth-order valence-corrected chi connectivity index (χ4v) is 4.38. The van der Waals surface area contributed by atoms with Crippen LogP contribution < -0.4 is 14.2 Å². The molecule has 1 fully saturated rings. The Morgan fingerprint density at radius 3 is 2.06 bits per heavy atom. The first-order chi connectivity index (χ1) is 16.9. The van der Waals surface area contributed by atoms with Crippen molar-refractivity contribution in [1.82, 2.24) is 9.80 Å². The van der Waals surface area contributed by atoms with Crippen LogP contribution in [-0.2, 0) is 16.0 Å². The van der Waals surface area contributed by atoms with E-state index in [1.807, 2.05) is 42.5 Å². The van der Waals surface area contributed by atoms with Crippen molar-refractivity contribution in [1.29, 1.82) is 0 Å². The Morgan fingerprint density at radius 1 is 0.886 bits per heavy atom. The molecule has 0 N–H and O–H groups in total. The van der Waals surface area contributed by atoms with Crippen LogP contribution in [0.1, 0.15) is 32.3 Å². The number of rotatable bonds is 10. The normalized spacial score (nSPS) is 18.3. The van der Waals surface area contributed by atoms with Gasteiger partial charge in [-0.25, -0.2) is 0 Å². The van der Waals surface area contributed by atoms with Crippen LogP contribution in [-0.4, -0.2) is 68.6 Å². The number of nitrogens with zero attached hydrogens (tertiary/aromatic N) is 2. The standard InChI is InChI=1S/C28H36N2O5/c1-7-8-9-10-15-30-19(2)27(31)29(3)23(28(30)32)16-20-11-13-21(14-12-20)22-17-24(33-4)26(35-6)25(18-22)34-5/h9-14,17-19,23H,7-8,15-16H2,1-6H3/b10-9+/t19-,23-/m0/s1. The van der Waals surface area contributed by atoms with Crippen LogP contribution in [0.15, 0.2) is 48.6 Å². The summed E-state index contributed by atoms with van der Waals surface area (Å²) in [6.07, 6.45) is 6.53. The second-order valence-corrected chi connectivity index (χ2v) is 8.71. The lowest BCUT2D eigenvalue weighted by Gasteiger charge is -2.42. The van der Waals surface area contributed by atoms with Gasteiger partial charge in [0.2, 0.25) is 17.6 Å². The van der Waals surface area contributed by atoms with Gasteiger partial charge < -0.3 is 24.0 Å². The molecule has 1 heterocycles. The van der Waals surface area contributed by atoms with Crippen LogP contribution in [0.4, 0.5) is 0 Å². The summed E-state index contributed by atoms with van der Waals surface area (Å²) in [6.45, 7) is 4.36. The molecule has 35 heavy (non-hydrogen) atoms. The predicted molar refractivity (Wildman–Crippen MR) is 137 cm³/mol. The van der Waals surface area contributed by atoms with Gasteiger partial charge in [0.15, 0.2) is 11.5 Å². The molecule has 0 bridgehead atoms. The number of likely N-dealkylation sites (N-methyl/N-ethyl adjacent to an activating group) is 1. The van der Waals surface area contributed by atoms with Gasteiger partial charge in [-0.3, -0.25) is 9.59 Å². The lowest BCUT2D eigenvalue weighted by atomic mass is 9.96. The van der Waals surface area contributed by atoms with Gasteiger partial charge in [-0.05, 0) is 42.2 Å². The number of amides is 2. The summed E-state index contributed by atoms with van der Waals surface area (Å²) in [4.78, 5) is 29.4. The van der Waals surface area contributed by atoms with Crippen LogP contribution in [0.25, 0.3) is 11.1 Å². The third-order valence-electron chi connectivity index (χ3n) is 6.51. The highest BCUT2D eigenvalue weighted by Crippen LogP contribution is 2.41. The zero-order valence-corrected chi connectivity index (χ0v) is 21.5. The lowest BCUT2D eigenvalue weighted by Crippen LogP contribution is -2.63. The molecule has 7 nitrogen and oxygen atoms in total. The monoisotopic (exact) mass is 480 g/mol. The highest BCUT2D eigenvalue weighted by molar-refractivity contribution is 5.96. The maximum absolute atomic E-state index is 13.3. The van der Waals surface area contributed by atoms with Gasteiger partial charge in [0.1, 0.15) is 12.1 Å². The number of benzene rings is 2. The molecule has 7 heteroatoms. The highest BCUT2D eigenvalue weighted by atomic mass is 16.5. The fraction of sp³-hybridized carbons (Fsp3) is 0.429. The third kappa shape index (κ3) is 5.61. The Balaban J connectivity index is 1.81. The molecule has 2 aromatic carbocycles. The van der Waals surface area contributed by atoms with Gasteiger partial charge >= 0.3 is 0 Å². The van der Waals surface area contributed by atoms with Crippen molar-refractivity contribution in [3.05, 3.63) is 54.1 Å². The molecule has 1 aliphatic rings. The summed E-state index contributed by atoms with van der Waals surface area (Å²) in [5.74, 6) is 1.66. The van der Waals surface area contributed by atoms with Crippen LogP contribution in [0.2, 0.25) is 0 Å². The van der Waals surface area contributed by atoms with Gasteiger partial charge in [-0.15, -0.1) is 0 Å². The predicted octanol–water partition coefficient (Wildman–Crippen LogP) is 4.34. The molecule has 0 aromatic heterocycles. The van der Waals surface area contributed by atoms with Crippen molar-refractivity contribution in [2.45, 2.75) is 45.2 Å². The minimum atomic E-state index is -0.523. The molecule has 2 amide bonds. The first kappa shape index (κ1) is 26.1. The molecular weight excluding hydrogens is 444 g/mol. The largest absolute Gasteiger partial charge is 0.493 e. The molecule has 0 unspecified atom stereocenters. The summed E-state index contributed by atoms with van der Waals surface area (Å²) in [5, 5.41) is 0. The molecule has 3 rings (SSSR count). The third-order valence-corrected chi connectivity index (χ3v) is 6.51. The Bertz CT molecular complexity index is 1040. The van der Waals surface area contributed by atoms with Crippen molar-refractivity contribution in [2.24, 2.45) is 0 Å². The number of allylic oxidation sites excluding steroid dienone is 1. The number of carbonyl (C=O) groups is 2. The number of piperazine rings is 1. The topological polar surface area (TPSA) is 68.3 Å². The van der Waals surface area contributed by atoms with Gasteiger partial charge in [0, 0.05) is 20.0 Å². The Morgan fingerprint density at radius 2 is 1.51 bits per heavy atom. The molecule has 0 radical (unpaired) electrons. The molecule has 0 aliphatic carbocycles. The molecule has 2 atom stereocenters. The molecular formula is C28H36N2O5. The summed E-state index contributed by atoms with van der Waals surface area (Å²) in [6, 6.07) is 10.8. The smallest absolute Gasteiger partial charge is 0.246 e. The van der Waals surface area contributed by atoms with Crippen molar-refractivity contribution < 1.29 is 23.8 Å². The number of hydrogen-bond acceptors (Lipinski definition) is 5. The Labute approximate surface area is 208 Å². The minimum absolute atomic E-state index is 0.0190.